The van der Waals surface area contributed by atoms with Crippen molar-refractivity contribution in [2.75, 3.05) is 0 Å². The molecule has 0 N–H and O–H groups in total. The maximum absolute atomic E-state index is 14.6. The first-order valence-electron chi connectivity index (χ1n) is 7.20. The fourth-order valence-electron chi connectivity index (χ4n) is 3.05. The van der Waals surface area contributed by atoms with Gasteiger partial charge in [0.05, 0.1) is 6.10 Å². The van der Waals surface area contributed by atoms with Crippen LogP contribution in [-0.4, -0.2) is 6.10 Å². The summed E-state index contributed by atoms with van der Waals surface area (Å²) in [6.45, 7) is 0. The van der Waals surface area contributed by atoms with Gasteiger partial charge in [-0.25, -0.2) is 4.39 Å². The first-order chi connectivity index (χ1) is 10.2. The molecule has 1 aliphatic carbocycles. The first kappa shape index (κ1) is 12.6. The van der Waals surface area contributed by atoms with Crippen molar-refractivity contribution < 1.29 is 17.9 Å². The molecule has 108 valence electrons. The summed E-state index contributed by atoms with van der Waals surface area (Å²) in [4.78, 5) is 0. The number of hydrogen-bond donors (Lipinski definition) is 0. The van der Waals surface area contributed by atoms with E-state index in [0.717, 1.165) is 25.7 Å². The zero-order valence-electron chi connectivity index (χ0n) is 11.4. The number of ether oxygens (including phenoxy) is 1. The topological polar surface area (TPSA) is 22.4 Å². The van der Waals surface area contributed by atoms with E-state index < -0.39 is 11.6 Å². The van der Waals surface area contributed by atoms with Gasteiger partial charge in [-0.15, -0.1) is 0 Å². The van der Waals surface area contributed by atoms with Crippen LogP contribution in [-0.2, 0) is 0 Å². The van der Waals surface area contributed by atoms with Crippen LogP contribution >= 0.6 is 0 Å². The number of rotatable bonds is 2. The van der Waals surface area contributed by atoms with E-state index in [9.17, 15) is 8.78 Å². The molecule has 0 bridgehead atoms. The molecule has 21 heavy (non-hydrogen) atoms. The number of para-hydroxylation sites is 1. The molecule has 1 aliphatic rings. The van der Waals surface area contributed by atoms with Crippen molar-refractivity contribution >= 4 is 21.9 Å². The molecule has 2 aromatic carbocycles. The summed E-state index contributed by atoms with van der Waals surface area (Å²) in [6.07, 6.45) is 4.20. The van der Waals surface area contributed by atoms with E-state index >= 15 is 0 Å². The van der Waals surface area contributed by atoms with Gasteiger partial charge in [-0.2, -0.15) is 4.39 Å². The van der Waals surface area contributed by atoms with Crippen LogP contribution in [0.15, 0.2) is 34.7 Å². The third-order valence-corrected chi connectivity index (χ3v) is 4.12. The minimum Gasteiger partial charge on any atom is -0.487 e. The molecule has 0 spiro atoms. The maximum atomic E-state index is 14.6. The van der Waals surface area contributed by atoms with Gasteiger partial charge in [0.2, 0.25) is 5.82 Å². The smallest absolute Gasteiger partial charge is 0.208 e. The molecule has 0 unspecified atom stereocenters. The van der Waals surface area contributed by atoms with Crippen molar-refractivity contribution in [3.8, 4) is 5.75 Å². The van der Waals surface area contributed by atoms with Crippen LogP contribution in [0.3, 0.4) is 0 Å². The molecule has 4 heteroatoms. The number of hydrogen-bond acceptors (Lipinski definition) is 2. The summed E-state index contributed by atoms with van der Waals surface area (Å²) in [5.41, 5.74) is 0.148. The molecule has 0 saturated heterocycles. The molecule has 0 radical (unpaired) electrons. The van der Waals surface area contributed by atoms with Gasteiger partial charge in [-0.3, -0.25) is 0 Å². The second-order valence-electron chi connectivity index (χ2n) is 5.50. The van der Waals surface area contributed by atoms with Crippen LogP contribution in [0.1, 0.15) is 25.7 Å². The molecule has 0 atom stereocenters. The molecular formula is C17H14F2O2. The van der Waals surface area contributed by atoms with Gasteiger partial charge in [-0.1, -0.05) is 12.1 Å². The quantitative estimate of drug-likeness (QED) is 0.648. The standard InChI is InChI=1S/C17H14F2O2/c18-13-7-3-6-11-12-8-9-14(20-10-4-1-2-5-10)15(19)17(12)21-16(11)13/h3,6-10H,1-2,4-5H2. The summed E-state index contributed by atoms with van der Waals surface area (Å²) in [7, 11) is 0. The van der Waals surface area contributed by atoms with Crippen molar-refractivity contribution in [1.82, 2.24) is 0 Å². The van der Waals surface area contributed by atoms with E-state index in [0.29, 0.717) is 10.8 Å². The Morgan fingerprint density at radius 2 is 1.71 bits per heavy atom. The molecule has 1 saturated carbocycles. The number of benzene rings is 2. The number of furan rings is 1. The lowest BCUT2D eigenvalue weighted by atomic mass is 10.1. The fraction of sp³-hybridized carbons (Fsp3) is 0.294. The van der Waals surface area contributed by atoms with Crippen LogP contribution in [0.5, 0.6) is 5.75 Å². The van der Waals surface area contributed by atoms with Crippen molar-refractivity contribution in [2.24, 2.45) is 0 Å². The average molecular weight is 288 g/mol. The molecule has 0 aliphatic heterocycles. The summed E-state index contributed by atoms with van der Waals surface area (Å²) in [5, 5.41) is 1.15. The minimum absolute atomic E-state index is 0.0607. The first-order valence-corrected chi connectivity index (χ1v) is 7.20. The molecular weight excluding hydrogens is 274 g/mol. The highest BCUT2D eigenvalue weighted by Gasteiger charge is 2.21. The Labute approximate surface area is 120 Å². The third-order valence-electron chi connectivity index (χ3n) is 4.12. The Morgan fingerprint density at radius 1 is 0.952 bits per heavy atom. The highest BCUT2D eigenvalue weighted by Crippen LogP contribution is 2.36. The van der Waals surface area contributed by atoms with Gasteiger partial charge in [0.15, 0.2) is 22.7 Å². The molecule has 4 rings (SSSR count). The van der Waals surface area contributed by atoms with E-state index in [1.165, 1.54) is 6.07 Å². The van der Waals surface area contributed by atoms with Crippen molar-refractivity contribution in [2.45, 2.75) is 31.8 Å². The van der Waals surface area contributed by atoms with Gasteiger partial charge < -0.3 is 9.15 Å². The summed E-state index contributed by atoms with van der Waals surface area (Å²) in [6, 6.07) is 7.96. The highest BCUT2D eigenvalue weighted by atomic mass is 19.1. The zero-order chi connectivity index (χ0) is 14.4. The highest BCUT2D eigenvalue weighted by molar-refractivity contribution is 6.05. The van der Waals surface area contributed by atoms with Gasteiger partial charge in [0.25, 0.3) is 0 Å². The largest absolute Gasteiger partial charge is 0.487 e. The summed E-state index contributed by atoms with van der Waals surface area (Å²) < 4.78 is 39.4. The van der Waals surface area contributed by atoms with E-state index in [2.05, 4.69) is 0 Å². The summed E-state index contributed by atoms with van der Waals surface area (Å²) in [5.74, 6) is -0.842. The lowest BCUT2D eigenvalue weighted by Gasteiger charge is -2.13. The van der Waals surface area contributed by atoms with Gasteiger partial charge in [-0.05, 0) is 43.9 Å². The molecule has 1 heterocycles. The molecule has 2 nitrogen and oxygen atoms in total. The van der Waals surface area contributed by atoms with E-state index in [1.54, 1.807) is 24.3 Å². The van der Waals surface area contributed by atoms with Gasteiger partial charge in [0, 0.05) is 10.8 Å². The monoisotopic (exact) mass is 288 g/mol. The lowest BCUT2D eigenvalue weighted by molar-refractivity contribution is 0.201. The van der Waals surface area contributed by atoms with E-state index in [1.807, 2.05) is 0 Å². The van der Waals surface area contributed by atoms with Crippen LogP contribution < -0.4 is 4.74 Å². The fourth-order valence-corrected chi connectivity index (χ4v) is 3.05. The van der Waals surface area contributed by atoms with Crippen molar-refractivity contribution in [1.29, 1.82) is 0 Å². The van der Waals surface area contributed by atoms with Crippen molar-refractivity contribution in [3.05, 3.63) is 42.0 Å². The normalized spacial score (nSPS) is 16.1. The number of halogens is 2. The van der Waals surface area contributed by atoms with Crippen LogP contribution in [0, 0.1) is 11.6 Å². The van der Waals surface area contributed by atoms with Gasteiger partial charge >= 0.3 is 0 Å². The zero-order valence-corrected chi connectivity index (χ0v) is 11.4. The Kier molecular flexibility index (Phi) is 2.84. The minimum atomic E-state index is -0.546. The lowest BCUT2D eigenvalue weighted by Crippen LogP contribution is -2.11. The third kappa shape index (κ3) is 1.97. The van der Waals surface area contributed by atoms with Crippen LogP contribution in [0.2, 0.25) is 0 Å². The molecule has 0 amide bonds. The van der Waals surface area contributed by atoms with E-state index in [4.69, 9.17) is 9.15 Å². The number of fused-ring (bicyclic) bond motifs is 3. The second-order valence-corrected chi connectivity index (χ2v) is 5.50. The average Bonchev–Trinajstić information content (AvgIpc) is 3.10. The molecule has 1 aromatic heterocycles. The predicted octanol–water partition coefficient (Wildman–Crippen LogP) is 5.19. The second kappa shape index (κ2) is 4.72. The van der Waals surface area contributed by atoms with E-state index in [-0.39, 0.29) is 23.0 Å². The van der Waals surface area contributed by atoms with Crippen molar-refractivity contribution in [3.63, 3.8) is 0 Å². The maximum Gasteiger partial charge on any atom is 0.208 e. The Balaban J connectivity index is 1.86. The Bertz CT molecular complexity index is 816. The van der Waals surface area contributed by atoms with Crippen LogP contribution in [0.25, 0.3) is 21.9 Å². The molecule has 3 aromatic rings. The Hall–Kier alpha value is -2.10. The SMILES string of the molecule is Fc1cccc2c1oc1c(F)c(OC3CCCC3)ccc12. The predicted molar refractivity (Wildman–Crippen MR) is 76.5 cm³/mol. The Morgan fingerprint density at radius 3 is 2.52 bits per heavy atom. The van der Waals surface area contributed by atoms with Crippen LogP contribution in [0.4, 0.5) is 8.78 Å². The molecule has 1 fully saturated rings. The summed E-state index contributed by atoms with van der Waals surface area (Å²) >= 11 is 0. The van der Waals surface area contributed by atoms with Gasteiger partial charge in [0.1, 0.15) is 0 Å².